The number of aryl methyl sites for hydroxylation is 1. The third-order valence-electron chi connectivity index (χ3n) is 5.95. The molecular formula is C26H27N5. The standard InChI is InChI=1S/C26H27N5/c1-21-8-2-3-9-23(21)24-18-22(20-31(24)26-11-5-7-13-28-26)19-29-14-16-30(17-15-29)25-10-4-6-12-27-25/h2-13,18,20H,14-17,19H2,1H3. The van der Waals surface area contributed by atoms with E-state index >= 15 is 0 Å². The van der Waals surface area contributed by atoms with Gasteiger partial charge in [-0.25, -0.2) is 9.97 Å². The van der Waals surface area contributed by atoms with E-state index in [0.29, 0.717) is 0 Å². The molecule has 0 bridgehead atoms. The van der Waals surface area contributed by atoms with E-state index in [2.05, 4.69) is 86.0 Å². The number of piperazine rings is 1. The van der Waals surface area contributed by atoms with E-state index in [0.717, 1.165) is 44.4 Å². The highest BCUT2D eigenvalue weighted by molar-refractivity contribution is 5.67. The molecule has 1 aromatic carbocycles. The third-order valence-corrected chi connectivity index (χ3v) is 5.95. The van der Waals surface area contributed by atoms with Crippen LogP contribution in [-0.4, -0.2) is 45.6 Å². The fourth-order valence-corrected chi connectivity index (χ4v) is 4.29. The van der Waals surface area contributed by atoms with E-state index in [-0.39, 0.29) is 0 Å². The van der Waals surface area contributed by atoms with Crippen LogP contribution in [0.1, 0.15) is 11.1 Å². The van der Waals surface area contributed by atoms with Crippen molar-refractivity contribution in [2.75, 3.05) is 31.1 Å². The summed E-state index contributed by atoms with van der Waals surface area (Å²) in [5.41, 5.74) is 5.03. The number of benzene rings is 1. The molecule has 1 fully saturated rings. The van der Waals surface area contributed by atoms with Crippen LogP contribution in [0.2, 0.25) is 0 Å². The van der Waals surface area contributed by atoms with E-state index < -0.39 is 0 Å². The zero-order valence-corrected chi connectivity index (χ0v) is 17.9. The van der Waals surface area contributed by atoms with E-state index in [4.69, 9.17) is 0 Å². The van der Waals surface area contributed by atoms with Gasteiger partial charge in [-0.1, -0.05) is 36.4 Å². The molecule has 0 radical (unpaired) electrons. The molecule has 0 amide bonds. The molecule has 1 aliphatic rings. The van der Waals surface area contributed by atoms with Crippen LogP contribution in [0, 0.1) is 6.92 Å². The van der Waals surface area contributed by atoms with Crippen molar-refractivity contribution < 1.29 is 0 Å². The van der Waals surface area contributed by atoms with Gasteiger partial charge in [0.2, 0.25) is 0 Å². The second kappa shape index (κ2) is 8.74. The molecule has 1 aliphatic heterocycles. The van der Waals surface area contributed by atoms with Crippen molar-refractivity contribution in [2.24, 2.45) is 0 Å². The number of aromatic nitrogens is 3. The quantitative estimate of drug-likeness (QED) is 0.484. The lowest BCUT2D eigenvalue weighted by Crippen LogP contribution is -2.46. The largest absolute Gasteiger partial charge is 0.354 e. The summed E-state index contributed by atoms with van der Waals surface area (Å²) in [4.78, 5) is 14.0. The van der Waals surface area contributed by atoms with Gasteiger partial charge >= 0.3 is 0 Å². The van der Waals surface area contributed by atoms with Crippen LogP contribution >= 0.6 is 0 Å². The highest BCUT2D eigenvalue weighted by Gasteiger charge is 2.20. The smallest absolute Gasteiger partial charge is 0.137 e. The Morgan fingerprint density at radius 3 is 2.13 bits per heavy atom. The predicted molar refractivity (Wildman–Crippen MR) is 125 cm³/mol. The summed E-state index contributed by atoms with van der Waals surface area (Å²) in [6, 6.07) is 23.1. The topological polar surface area (TPSA) is 37.2 Å². The number of rotatable bonds is 5. The maximum atomic E-state index is 4.60. The van der Waals surface area contributed by atoms with Gasteiger partial charge in [0.25, 0.3) is 0 Å². The molecule has 0 aliphatic carbocycles. The van der Waals surface area contributed by atoms with Gasteiger partial charge in [-0.2, -0.15) is 0 Å². The molecule has 0 saturated carbocycles. The molecule has 0 unspecified atom stereocenters. The lowest BCUT2D eigenvalue weighted by Gasteiger charge is -2.35. The van der Waals surface area contributed by atoms with Crippen LogP contribution in [0.4, 0.5) is 5.82 Å². The zero-order valence-electron chi connectivity index (χ0n) is 17.9. The Labute approximate surface area is 183 Å². The van der Waals surface area contributed by atoms with Crippen LogP contribution in [0.15, 0.2) is 85.3 Å². The van der Waals surface area contributed by atoms with Crippen molar-refractivity contribution in [1.29, 1.82) is 0 Å². The van der Waals surface area contributed by atoms with Gasteiger partial charge in [0.05, 0.1) is 5.69 Å². The lowest BCUT2D eigenvalue weighted by molar-refractivity contribution is 0.249. The van der Waals surface area contributed by atoms with E-state index in [1.807, 2.05) is 30.6 Å². The molecule has 4 heterocycles. The predicted octanol–water partition coefficient (Wildman–Crippen LogP) is 4.56. The SMILES string of the molecule is Cc1ccccc1-c1cc(CN2CCN(c3ccccn3)CC2)cn1-c1ccccn1. The molecule has 31 heavy (non-hydrogen) atoms. The van der Waals surface area contributed by atoms with Crippen molar-refractivity contribution in [3.05, 3.63) is 96.4 Å². The number of hydrogen-bond donors (Lipinski definition) is 0. The average Bonchev–Trinajstić information content (AvgIpc) is 3.24. The summed E-state index contributed by atoms with van der Waals surface area (Å²) in [7, 11) is 0. The van der Waals surface area contributed by atoms with Gasteiger partial charge in [0.15, 0.2) is 0 Å². The van der Waals surface area contributed by atoms with E-state index in [9.17, 15) is 0 Å². The van der Waals surface area contributed by atoms with Gasteiger partial charge in [0.1, 0.15) is 11.6 Å². The Balaban J connectivity index is 1.37. The van der Waals surface area contributed by atoms with E-state index in [1.54, 1.807) is 0 Å². The highest BCUT2D eigenvalue weighted by atomic mass is 15.3. The fraction of sp³-hybridized carbons (Fsp3) is 0.231. The Kier molecular flexibility index (Phi) is 5.50. The first-order valence-electron chi connectivity index (χ1n) is 10.8. The number of hydrogen-bond acceptors (Lipinski definition) is 4. The lowest BCUT2D eigenvalue weighted by atomic mass is 10.1. The molecule has 0 spiro atoms. The Morgan fingerprint density at radius 2 is 1.45 bits per heavy atom. The number of pyridine rings is 2. The maximum absolute atomic E-state index is 4.60. The summed E-state index contributed by atoms with van der Waals surface area (Å²) < 4.78 is 2.22. The van der Waals surface area contributed by atoms with Crippen molar-refractivity contribution >= 4 is 5.82 Å². The Bertz CT molecular complexity index is 1130. The summed E-state index contributed by atoms with van der Waals surface area (Å²) in [6.07, 6.45) is 5.97. The monoisotopic (exact) mass is 409 g/mol. The van der Waals surface area contributed by atoms with Crippen LogP contribution in [0.25, 0.3) is 17.1 Å². The summed E-state index contributed by atoms with van der Waals surface area (Å²) in [5.74, 6) is 2.03. The van der Waals surface area contributed by atoms with Crippen LogP contribution in [0.3, 0.4) is 0 Å². The first-order valence-corrected chi connectivity index (χ1v) is 10.8. The van der Waals surface area contributed by atoms with Crippen molar-refractivity contribution in [3.8, 4) is 17.1 Å². The van der Waals surface area contributed by atoms with Crippen LogP contribution in [-0.2, 0) is 6.54 Å². The first kappa shape index (κ1) is 19.5. The molecule has 5 heteroatoms. The normalized spacial score (nSPS) is 14.7. The molecular weight excluding hydrogens is 382 g/mol. The van der Waals surface area contributed by atoms with Gasteiger partial charge < -0.3 is 9.47 Å². The van der Waals surface area contributed by atoms with Crippen molar-refractivity contribution in [1.82, 2.24) is 19.4 Å². The highest BCUT2D eigenvalue weighted by Crippen LogP contribution is 2.28. The second-order valence-electron chi connectivity index (χ2n) is 8.06. The van der Waals surface area contributed by atoms with Gasteiger partial charge in [-0.15, -0.1) is 0 Å². The first-order chi connectivity index (χ1) is 15.3. The molecule has 5 nitrogen and oxygen atoms in total. The molecule has 4 aromatic rings. The van der Waals surface area contributed by atoms with Crippen molar-refractivity contribution in [3.63, 3.8) is 0 Å². The minimum atomic E-state index is 0.939. The number of anilines is 1. The van der Waals surface area contributed by atoms with Gasteiger partial charge in [0, 0.05) is 56.9 Å². The maximum Gasteiger partial charge on any atom is 0.137 e. The molecule has 0 atom stereocenters. The Hall–Kier alpha value is -3.44. The van der Waals surface area contributed by atoms with Crippen LogP contribution in [0.5, 0.6) is 0 Å². The minimum absolute atomic E-state index is 0.939. The van der Waals surface area contributed by atoms with Crippen LogP contribution < -0.4 is 4.90 Å². The van der Waals surface area contributed by atoms with Crippen molar-refractivity contribution in [2.45, 2.75) is 13.5 Å². The number of nitrogens with zero attached hydrogens (tertiary/aromatic N) is 5. The van der Waals surface area contributed by atoms with Gasteiger partial charge in [-0.05, 0) is 48.4 Å². The molecule has 3 aromatic heterocycles. The molecule has 0 N–H and O–H groups in total. The molecule has 5 rings (SSSR count). The summed E-state index contributed by atoms with van der Waals surface area (Å²) in [5, 5.41) is 0. The summed E-state index contributed by atoms with van der Waals surface area (Å²) in [6.45, 7) is 7.18. The second-order valence-corrected chi connectivity index (χ2v) is 8.06. The van der Waals surface area contributed by atoms with E-state index in [1.165, 1.54) is 22.4 Å². The summed E-state index contributed by atoms with van der Waals surface area (Å²) >= 11 is 0. The molecule has 156 valence electrons. The zero-order chi connectivity index (χ0) is 21.0. The van der Waals surface area contributed by atoms with Gasteiger partial charge in [-0.3, -0.25) is 4.90 Å². The molecule has 1 saturated heterocycles. The third kappa shape index (κ3) is 4.23. The Morgan fingerprint density at radius 1 is 0.774 bits per heavy atom. The minimum Gasteiger partial charge on any atom is -0.354 e. The average molecular weight is 410 g/mol. The fourth-order valence-electron chi connectivity index (χ4n) is 4.29.